The molecule has 0 spiro atoms. The average Bonchev–Trinajstić information content (AvgIpc) is 2.37. The number of phenols is 1. The maximum Gasteiger partial charge on any atom is 0.137 e. The molecule has 0 amide bonds. The summed E-state index contributed by atoms with van der Waals surface area (Å²) in [4.78, 5) is 1.86. The number of aromatic hydroxyl groups is 1. The topological polar surface area (TPSA) is 20.2 Å². The minimum Gasteiger partial charge on any atom is -0.506 e. The van der Waals surface area contributed by atoms with Gasteiger partial charge in [-0.05, 0) is 35.8 Å². The number of fused-ring (bicyclic) bond motifs is 1. The van der Waals surface area contributed by atoms with Crippen molar-refractivity contribution in [1.29, 1.82) is 0 Å². The molecule has 0 aliphatic heterocycles. The van der Waals surface area contributed by atoms with Gasteiger partial charge >= 0.3 is 0 Å². The highest BCUT2D eigenvalue weighted by Gasteiger charge is 2.09. The van der Waals surface area contributed by atoms with Crippen LogP contribution >= 0.6 is 11.8 Å². The van der Waals surface area contributed by atoms with Gasteiger partial charge in [0, 0.05) is 5.39 Å². The summed E-state index contributed by atoms with van der Waals surface area (Å²) < 4.78 is 0. The molecule has 0 radical (unpaired) electrons. The molecule has 0 aliphatic carbocycles. The van der Waals surface area contributed by atoms with Gasteiger partial charge in [-0.1, -0.05) is 56.5 Å². The van der Waals surface area contributed by atoms with Gasteiger partial charge in [0.15, 0.2) is 0 Å². The molecule has 2 heteroatoms. The van der Waals surface area contributed by atoms with Crippen LogP contribution in [0.5, 0.6) is 5.75 Å². The van der Waals surface area contributed by atoms with E-state index in [-0.39, 0.29) is 0 Å². The number of allylic oxidation sites excluding steroid dienone is 1. The third-order valence-electron chi connectivity index (χ3n) is 2.47. The summed E-state index contributed by atoms with van der Waals surface area (Å²) >= 11 is 1.51. The molecule has 0 atom stereocenters. The van der Waals surface area contributed by atoms with Crippen LogP contribution in [-0.2, 0) is 0 Å². The Morgan fingerprint density at radius 2 is 1.72 bits per heavy atom. The van der Waals surface area contributed by atoms with Gasteiger partial charge in [-0.25, -0.2) is 0 Å². The molecule has 1 N–H and O–H groups in total. The molecular formula is C16H20OS. The van der Waals surface area contributed by atoms with Gasteiger partial charge in [-0.3, -0.25) is 0 Å². The van der Waals surface area contributed by atoms with Gasteiger partial charge in [0.05, 0.1) is 4.90 Å². The molecule has 0 fully saturated rings. The van der Waals surface area contributed by atoms with Crippen molar-refractivity contribution in [2.75, 3.05) is 0 Å². The van der Waals surface area contributed by atoms with E-state index >= 15 is 0 Å². The van der Waals surface area contributed by atoms with Crippen LogP contribution in [0.15, 0.2) is 46.7 Å². The van der Waals surface area contributed by atoms with Crippen molar-refractivity contribution in [1.82, 2.24) is 0 Å². The third kappa shape index (κ3) is 3.08. The molecule has 0 unspecified atom stereocenters. The van der Waals surface area contributed by atoms with E-state index in [9.17, 15) is 5.11 Å². The quantitative estimate of drug-likeness (QED) is 0.719. The first-order valence-electron chi connectivity index (χ1n) is 6.14. The van der Waals surface area contributed by atoms with Crippen molar-refractivity contribution in [2.45, 2.75) is 32.6 Å². The smallest absolute Gasteiger partial charge is 0.137 e. The molecule has 2 aromatic rings. The summed E-state index contributed by atoms with van der Waals surface area (Å²) in [6.07, 6.45) is 0. The van der Waals surface area contributed by atoms with Crippen LogP contribution in [-0.4, -0.2) is 5.11 Å². The Bertz CT molecular complexity index is 558. The zero-order valence-corrected chi connectivity index (χ0v) is 12.3. The second-order valence-corrected chi connectivity index (χ2v) is 5.23. The lowest BCUT2D eigenvalue weighted by Gasteiger charge is -2.10. The summed E-state index contributed by atoms with van der Waals surface area (Å²) in [6.45, 7) is 11.9. The Morgan fingerprint density at radius 3 is 2.28 bits per heavy atom. The van der Waals surface area contributed by atoms with Crippen molar-refractivity contribution >= 4 is 22.5 Å². The molecule has 1 nitrogen and oxygen atoms in total. The molecular weight excluding hydrogens is 240 g/mol. The van der Waals surface area contributed by atoms with E-state index in [1.807, 2.05) is 51.1 Å². The second kappa shape index (κ2) is 6.50. The number of phenolic OH excluding ortho intramolecular Hbond substituents is 1. The van der Waals surface area contributed by atoms with Crippen LogP contribution < -0.4 is 0 Å². The van der Waals surface area contributed by atoms with Gasteiger partial charge in [0.1, 0.15) is 5.75 Å². The largest absolute Gasteiger partial charge is 0.506 e. The van der Waals surface area contributed by atoms with Crippen molar-refractivity contribution in [3.8, 4) is 5.75 Å². The number of hydrogen-bond donors (Lipinski definition) is 1. The van der Waals surface area contributed by atoms with Crippen LogP contribution in [0, 0.1) is 6.92 Å². The molecule has 0 saturated carbocycles. The standard InChI is InChI=1S/C14H14OS.C2H6/c1-9(2)16-13-8-10(3)11-6-4-5-7-12(11)14(13)15;1-2/h4-8,15H,1H2,2-3H3;1-2H3. The Labute approximate surface area is 114 Å². The van der Waals surface area contributed by atoms with Crippen LogP contribution in [0.4, 0.5) is 0 Å². The zero-order valence-electron chi connectivity index (χ0n) is 11.4. The van der Waals surface area contributed by atoms with Crippen molar-refractivity contribution in [3.05, 3.63) is 47.4 Å². The summed E-state index contributed by atoms with van der Waals surface area (Å²) in [6, 6.07) is 9.91. The normalized spacial score (nSPS) is 9.78. The highest BCUT2D eigenvalue weighted by molar-refractivity contribution is 8.03. The fraction of sp³-hybridized carbons (Fsp3) is 0.250. The molecule has 0 aliphatic rings. The number of rotatable bonds is 2. The van der Waals surface area contributed by atoms with Crippen LogP contribution in [0.1, 0.15) is 26.3 Å². The Balaban J connectivity index is 0.000000771. The lowest BCUT2D eigenvalue weighted by Crippen LogP contribution is -1.83. The Hall–Kier alpha value is -1.41. The summed E-state index contributed by atoms with van der Waals surface area (Å²) in [5.41, 5.74) is 1.18. The van der Waals surface area contributed by atoms with Crippen molar-refractivity contribution < 1.29 is 5.11 Å². The van der Waals surface area contributed by atoms with E-state index in [0.29, 0.717) is 5.75 Å². The number of benzene rings is 2. The summed E-state index contributed by atoms with van der Waals surface area (Å²) in [5, 5.41) is 12.2. The van der Waals surface area contributed by atoms with Crippen LogP contribution in [0.2, 0.25) is 0 Å². The van der Waals surface area contributed by atoms with E-state index in [1.165, 1.54) is 17.3 Å². The van der Waals surface area contributed by atoms with E-state index in [0.717, 1.165) is 20.6 Å². The molecule has 18 heavy (non-hydrogen) atoms. The zero-order chi connectivity index (χ0) is 13.7. The fourth-order valence-electron chi connectivity index (χ4n) is 1.77. The molecule has 0 aromatic heterocycles. The molecule has 2 rings (SSSR count). The Morgan fingerprint density at radius 1 is 1.17 bits per heavy atom. The minimum absolute atomic E-state index is 0.356. The van der Waals surface area contributed by atoms with Crippen molar-refractivity contribution in [3.63, 3.8) is 0 Å². The third-order valence-corrected chi connectivity index (χ3v) is 3.35. The molecule has 0 bridgehead atoms. The maximum atomic E-state index is 10.2. The van der Waals surface area contributed by atoms with E-state index in [2.05, 4.69) is 13.5 Å². The lowest BCUT2D eigenvalue weighted by atomic mass is 10.0. The highest BCUT2D eigenvalue weighted by atomic mass is 32.2. The fourth-order valence-corrected chi connectivity index (χ4v) is 2.59. The molecule has 0 heterocycles. The van der Waals surface area contributed by atoms with Crippen LogP contribution in [0.3, 0.4) is 0 Å². The summed E-state index contributed by atoms with van der Waals surface area (Å²) in [7, 11) is 0. The van der Waals surface area contributed by atoms with Gasteiger partial charge in [-0.2, -0.15) is 0 Å². The summed E-state index contributed by atoms with van der Waals surface area (Å²) in [5.74, 6) is 0.356. The van der Waals surface area contributed by atoms with E-state index in [1.54, 1.807) is 0 Å². The Kier molecular flexibility index (Phi) is 5.29. The number of thioether (sulfide) groups is 1. The minimum atomic E-state index is 0.356. The number of aryl methyl sites for hydroxylation is 1. The molecule has 0 saturated heterocycles. The average molecular weight is 260 g/mol. The van der Waals surface area contributed by atoms with Crippen LogP contribution in [0.25, 0.3) is 10.8 Å². The molecule has 2 aromatic carbocycles. The first-order chi connectivity index (χ1) is 8.59. The maximum absolute atomic E-state index is 10.2. The van der Waals surface area contributed by atoms with Crippen molar-refractivity contribution in [2.24, 2.45) is 0 Å². The van der Waals surface area contributed by atoms with Gasteiger partial charge in [0.25, 0.3) is 0 Å². The van der Waals surface area contributed by atoms with Gasteiger partial charge in [-0.15, -0.1) is 0 Å². The first-order valence-corrected chi connectivity index (χ1v) is 6.96. The van der Waals surface area contributed by atoms with E-state index < -0.39 is 0 Å². The predicted octanol–water partition coefficient (Wildman–Crippen LogP) is 5.51. The van der Waals surface area contributed by atoms with Gasteiger partial charge < -0.3 is 5.11 Å². The van der Waals surface area contributed by atoms with Gasteiger partial charge in [0.2, 0.25) is 0 Å². The molecule has 96 valence electrons. The van der Waals surface area contributed by atoms with E-state index in [4.69, 9.17) is 0 Å². The highest BCUT2D eigenvalue weighted by Crippen LogP contribution is 2.39. The second-order valence-electron chi connectivity index (χ2n) is 3.89. The number of hydrogen-bond acceptors (Lipinski definition) is 2. The first kappa shape index (κ1) is 14.7. The SMILES string of the molecule is C=C(C)Sc1cc(C)c2ccccc2c1O.CC. The lowest BCUT2D eigenvalue weighted by molar-refractivity contribution is 0.469. The predicted molar refractivity (Wildman–Crippen MR) is 82.4 cm³/mol. The monoisotopic (exact) mass is 260 g/mol.